The van der Waals surface area contributed by atoms with Gasteiger partial charge in [0.2, 0.25) is 0 Å². The third-order valence-corrected chi connectivity index (χ3v) is 4.84. The molecule has 24 heavy (non-hydrogen) atoms. The van der Waals surface area contributed by atoms with Crippen LogP contribution in [0.1, 0.15) is 28.2 Å². The van der Waals surface area contributed by atoms with E-state index in [1.165, 1.54) is 22.3 Å². The van der Waals surface area contributed by atoms with E-state index in [0.29, 0.717) is 6.42 Å². The van der Waals surface area contributed by atoms with Crippen molar-refractivity contribution in [3.8, 4) is 11.1 Å². The van der Waals surface area contributed by atoms with Crippen molar-refractivity contribution in [2.75, 3.05) is 0 Å². The van der Waals surface area contributed by atoms with Crippen molar-refractivity contribution < 1.29 is 9.90 Å². The smallest absolute Gasteiger partial charge is 0.311 e. The lowest BCUT2D eigenvalue weighted by Gasteiger charge is -2.17. The highest BCUT2D eigenvalue weighted by atomic mass is 16.4. The van der Waals surface area contributed by atoms with Gasteiger partial charge >= 0.3 is 5.97 Å². The molecule has 1 aliphatic rings. The van der Waals surface area contributed by atoms with Gasteiger partial charge in [-0.05, 0) is 46.2 Å². The van der Waals surface area contributed by atoms with Crippen LogP contribution < -0.4 is 0 Å². The molecule has 0 spiro atoms. The van der Waals surface area contributed by atoms with Gasteiger partial charge in [0.05, 0.1) is 5.92 Å². The lowest BCUT2D eigenvalue weighted by Crippen LogP contribution is -2.16. The van der Waals surface area contributed by atoms with Crippen LogP contribution >= 0.6 is 0 Å². The van der Waals surface area contributed by atoms with E-state index in [1.54, 1.807) is 0 Å². The molecule has 1 atom stereocenters. The second-order valence-corrected chi connectivity index (χ2v) is 6.29. The van der Waals surface area contributed by atoms with Gasteiger partial charge < -0.3 is 5.11 Å². The van der Waals surface area contributed by atoms with Crippen LogP contribution in [0.4, 0.5) is 0 Å². The van der Waals surface area contributed by atoms with Gasteiger partial charge in [-0.3, -0.25) is 4.79 Å². The second kappa shape index (κ2) is 5.97. The number of rotatable bonds is 4. The minimum Gasteiger partial charge on any atom is -0.481 e. The standard InChI is InChI=1S/C22H18O2/c23-22(24)21(13-15-7-2-1-3-8-15)19-12-6-11-18-17-10-5-4-9-16(17)14-20(18)19/h1-12,21H,13-14H2,(H,23,24). The summed E-state index contributed by atoms with van der Waals surface area (Å²) in [7, 11) is 0. The first-order valence-electron chi connectivity index (χ1n) is 8.21. The lowest BCUT2D eigenvalue weighted by atomic mass is 9.87. The van der Waals surface area contributed by atoms with E-state index in [0.717, 1.165) is 17.5 Å². The Kier molecular flexibility index (Phi) is 3.66. The molecule has 1 unspecified atom stereocenters. The van der Waals surface area contributed by atoms with Gasteiger partial charge in [0.15, 0.2) is 0 Å². The molecular formula is C22H18O2. The lowest BCUT2D eigenvalue weighted by molar-refractivity contribution is -0.138. The van der Waals surface area contributed by atoms with Crippen LogP contribution in [0.15, 0.2) is 72.8 Å². The molecule has 2 nitrogen and oxygen atoms in total. The predicted octanol–water partition coefficient (Wildman–Crippen LogP) is 4.67. The highest BCUT2D eigenvalue weighted by Crippen LogP contribution is 2.40. The molecule has 0 saturated heterocycles. The molecule has 0 aliphatic heterocycles. The Morgan fingerprint density at radius 1 is 0.875 bits per heavy atom. The maximum absolute atomic E-state index is 12.0. The third-order valence-electron chi connectivity index (χ3n) is 4.84. The number of aliphatic carboxylic acids is 1. The number of hydrogen-bond acceptors (Lipinski definition) is 1. The van der Waals surface area contributed by atoms with Gasteiger partial charge in [-0.15, -0.1) is 0 Å². The number of fused-ring (bicyclic) bond motifs is 3. The van der Waals surface area contributed by atoms with Crippen LogP contribution in [-0.2, 0) is 17.6 Å². The zero-order chi connectivity index (χ0) is 16.5. The summed E-state index contributed by atoms with van der Waals surface area (Å²) >= 11 is 0. The van der Waals surface area contributed by atoms with Crippen molar-refractivity contribution in [3.05, 3.63) is 95.1 Å². The third kappa shape index (κ3) is 2.50. The number of benzene rings is 3. The Morgan fingerprint density at radius 2 is 1.58 bits per heavy atom. The van der Waals surface area contributed by atoms with Gasteiger partial charge in [-0.1, -0.05) is 72.8 Å². The minimum absolute atomic E-state index is 0.517. The van der Waals surface area contributed by atoms with Crippen LogP contribution in [0.2, 0.25) is 0 Å². The summed E-state index contributed by atoms with van der Waals surface area (Å²) in [6.07, 6.45) is 1.34. The molecule has 0 heterocycles. The fraction of sp³-hybridized carbons (Fsp3) is 0.136. The van der Waals surface area contributed by atoms with Crippen molar-refractivity contribution in [2.24, 2.45) is 0 Å². The Labute approximate surface area is 141 Å². The Balaban J connectivity index is 1.77. The summed E-state index contributed by atoms with van der Waals surface area (Å²) in [4.78, 5) is 12.0. The quantitative estimate of drug-likeness (QED) is 0.594. The zero-order valence-electron chi connectivity index (χ0n) is 13.3. The van der Waals surface area contributed by atoms with Gasteiger partial charge in [0.1, 0.15) is 0 Å². The average Bonchev–Trinajstić information content (AvgIpc) is 2.99. The second-order valence-electron chi connectivity index (χ2n) is 6.29. The molecule has 4 rings (SSSR count). The van der Waals surface area contributed by atoms with Crippen LogP contribution in [0.25, 0.3) is 11.1 Å². The van der Waals surface area contributed by atoms with Crippen molar-refractivity contribution >= 4 is 5.97 Å². The Hall–Kier alpha value is -2.87. The number of carbonyl (C=O) groups is 1. The molecule has 2 heteroatoms. The molecule has 0 saturated carbocycles. The fourth-order valence-electron chi connectivity index (χ4n) is 3.69. The van der Waals surface area contributed by atoms with Crippen molar-refractivity contribution in [3.63, 3.8) is 0 Å². The molecule has 3 aromatic rings. The molecule has 0 radical (unpaired) electrons. The summed E-state index contributed by atoms with van der Waals surface area (Å²) in [5, 5.41) is 9.84. The van der Waals surface area contributed by atoms with Gasteiger partial charge in [-0.2, -0.15) is 0 Å². The monoisotopic (exact) mass is 314 g/mol. The summed E-state index contributed by atoms with van der Waals surface area (Å²) in [5.41, 5.74) is 6.87. The summed E-state index contributed by atoms with van der Waals surface area (Å²) < 4.78 is 0. The topological polar surface area (TPSA) is 37.3 Å². The van der Waals surface area contributed by atoms with Gasteiger partial charge in [0, 0.05) is 0 Å². The van der Waals surface area contributed by atoms with E-state index in [1.807, 2.05) is 54.6 Å². The van der Waals surface area contributed by atoms with E-state index in [4.69, 9.17) is 0 Å². The maximum Gasteiger partial charge on any atom is 0.311 e. The molecule has 1 N–H and O–H groups in total. The largest absolute Gasteiger partial charge is 0.481 e. The molecule has 3 aromatic carbocycles. The number of hydrogen-bond donors (Lipinski definition) is 1. The van der Waals surface area contributed by atoms with E-state index in [2.05, 4.69) is 18.2 Å². The molecule has 0 amide bonds. The normalized spacial score (nSPS) is 13.2. The molecular weight excluding hydrogens is 296 g/mol. The van der Waals surface area contributed by atoms with Crippen LogP contribution in [-0.4, -0.2) is 11.1 Å². The molecule has 0 bridgehead atoms. The predicted molar refractivity (Wildman–Crippen MR) is 95.2 cm³/mol. The molecule has 0 aromatic heterocycles. The highest BCUT2D eigenvalue weighted by Gasteiger charge is 2.28. The van der Waals surface area contributed by atoms with E-state index in [-0.39, 0.29) is 0 Å². The first kappa shape index (κ1) is 14.7. The van der Waals surface area contributed by atoms with Crippen LogP contribution in [0.3, 0.4) is 0 Å². The fourth-order valence-corrected chi connectivity index (χ4v) is 3.69. The van der Waals surface area contributed by atoms with E-state index >= 15 is 0 Å². The number of carboxylic acid groups (broad SMARTS) is 1. The average molecular weight is 314 g/mol. The van der Waals surface area contributed by atoms with Crippen molar-refractivity contribution in [1.82, 2.24) is 0 Å². The SMILES string of the molecule is O=C(O)C(Cc1ccccc1)c1cccc2c1Cc1ccccc1-2. The number of carboxylic acids is 1. The van der Waals surface area contributed by atoms with Gasteiger partial charge in [0.25, 0.3) is 0 Å². The maximum atomic E-state index is 12.0. The van der Waals surface area contributed by atoms with Crippen LogP contribution in [0, 0.1) is 0 Å². The van der Waals surface area contributed by atoms with Crippen molar-refractivity contribution in [2.45, 2.75) is 18.8 Å². The first-order chi connectivity index (χ1) is 11.7. The van der Waals surface area contributed by atoms with Crippen molar-refractivity contribution in [1.29, 1.82) is 0 Å². The summed E-state index contributed by atoms with van der Waals surface area (Å²) in [5.74, 6) is -1.28. The highest BCUT2D eigenvalue weighted by molar-refractivity contribution is 5.83. The Morgan fingerprint density at radius 3 is 2.38 bits per heavy atom. The molecule has 0 fully saturated rings. The zero-order valence-corrected chi connectivity index (χ0v) is 13.3. The summed E-state index contributed by atoms with van der Waals surface area (Å²) in [6, 6.07) is 24.3. The van der Waals surface area contributed by atoms with E-state index < -0.39 is 11.9 Å². The first-order valence-corrected chi connectivity index (χ1v) is 8.21. The van der Waals surface area contributed by atoms with Crippen LogP contribution in [0.5, 0.6) is 0 Å². The van der Waals surface area contributed by atoms with Gasteiger partial charge in [-0.25, -0.2) is 0 Å². The molecule has 118 valence electrons. The van der Waals surface area contributed by atoms with E-state index in [9.17, 15) is 9.90 Å². The molecule has 1 aliphatic carbocycles. The Bertz CT molecular complexity index is 897. The summed E-state index contributed by atoms with van der Waals surface area (Å²) in [6.45, 7) is 0. The minimum atomic E-state index is -0.761.